The van der Waals surface area contributed by atoms with E-state index in [9.17, 15) is 9.90 Å². The number of benzene rings is 1. The number of aromatic hydroxyl groups is 1. The molecule has 0 spiro atoms. The van der Waals surface area contributed by atoms with Gasteiger partial charge in [0.15, 0.2) is 11.5 Å². The number of methoxy groups -OCH3 is 2. The van der Waals surface area contributed by atoms with Gasteiger partial charge in [0.1, 0.15) is 0 Å². The molecule has 0 saturated carbocycles. The molecule has 0 saturated heterocycles. The Morgan fingerprint density at radius 2 is 1.78 bits per heavy atom. The summed E-state index contributed by atoms with van der Waals surface area (Å²) in [6.45, 7) is 0. The number of amides is 1. The third-order valence-corrected chi connectivity index (χ3v) is 2.24. The Balaban J connectivity index is 3.07. The maximum Gasteiger partial charge on any atom is 0.269 e. The molecule has 0 unspecified atom stereocenters. The molecule has 0 aromatic heterocycles. The highest BCUT2D eigenvalue weighted by atomic mass is 16.5. The molecule has 0 aliphatic rings. The number of phenolic OH excluding ortho intramolecular Hbond substituents is 1. The van der Waals surface area contributed by atoms with Gasteiger partial charge in [-0.2, -0.15) is 0 Å². The van der Waals surface area contributed by atoms with Crippen molar-refractivity contribution >= 4 is 12.0 Å². The summed E-state index contributed by atoms with van der Waals surface area (Å²) >= 11 is 0. The average Bonchev–Trinajstić information content (AvgIpc) is 2.36. The number of hydrogen-bond donors (Lipinski definition) is 2. The molecule has 0 atom stereocenters. The summed E-state index contributed by atoms with van der Waals surface area (Å²) in [7, 11) is 4.05. The first kappa shape index (κ1) is 13.9. The zero-order valence-corrected chi connectivity index (χ0v) is 10.4. The number of phenols is 1. The van der Waals surface area contributed by atoms with Crippen LogP contribution in [-0.2, 0) is 4.79 Å². The molecule has 1 rings (SSSR count). The predicted molar refractivity (Wildman–Crippen MR) is 64.8 cm³/mol. The lowest BCUT2D eigenvalue weighted by Crippen LogP contribution is -2.19. The molecule has 0 aliphatic carbocycles. The summed E-state index contributed by atoms with van der Waals surface area (Å²) in [4.78, 5) is 11.2. The first-order valence-electron chi connectivity index (χ1n) is 5.09. The maximum atomic E-state index is 11.2. The second-order valence-corrected chi connectivity index (χ2v) is 3.47. The average molecular weight is 253 g/mol. The molecule has 0 heterocycles. The SMILES string of the molecule is COc1cc(C=CC(=O)N(C)O)cc(OC)c1O. The Bertz CT molecular complexity index is 443. The maximum absolute atomic E-state index is 11.2. The van der Waals surface area contributed by atoms with E-state index in [4.69, 9.17) is 14.7 Å². The number of rotatable bonds is 4. The second-order valence-electron chi connectivity index (χ2n) is 3.47. The second kappa shape index (κ2) is 5.92. The van der Waals surface area contributed by atoms with Gasteiger partial charge < -0.3 is 14.6 Å². The van der Waals surface area contributed by atoms with Gasteiger partial charge in [-0.05, 0) is 23.8 Å². The highest BCUT2D eigenvalue weighted by Gasteiger charge is 2.10. The van der Waals surface area contributed by atoms with Crippen LogP contribution in [0.4, 0.5) is 0 Å². The third-order valence-electron chi connectivity index (χ3n) is 2.24. The molecule has 18 heavy (non-hydrogen) atoms. The standard InChI is InChI=1S/C12H15NO5/c1-13(16)11(14)5-4-8-6-9(17-2)12(15)10(7-8)18-3/h4-7,15-16H,1-3H3. The van der Waals surface area contributed by atoms with Crippen molar-refractivity contribution in [1.82, 2.24) is 5.06 Å². The number of likely N-dealkylation sites (N-methyl/N-ethyl adjacent to an activating group) is 1. The molecule has 2 N–H and O–H groups in total. The van der Waals surface area contributed by atoms with E-state index < -0.39 is 5.91 Å². The molecule has 1 aromatic rings. The van der Waals surface area contributed by atoms with E-state index in [0.717, 1.165) is 0 Å². The lowest BCUT2D eigenvalue weighted by atomic mass is 10.1. The van der Waals surface area contributed by atoms with Crippen LogP contribution in [0.25, 0.3) is 6.08 Å². The molecule has 1 aromatic carbocycles. The van der Waals surface area contributed by atoms with Crippen molar-refractivity contribution in [3.05, 3.63) is 23.8 Å². The summed E-state index contributed by atoms with van der Waals surface area (Å²) in [5.41, 5.74) is 0.594. The minimum absolute atomic E-state index is 0.109. The molecule has 6 heteroatoms. The highest BCUT2D eigenvalue weighted by Crippen LogP contribution is 2.37. The smallest absolute Gasteiger partial charge is 0.269 e. The fraction of sp³-hybridized carbons (Fsp3) is 0.250. The topological polar surface area (TPSA) is 79.2 Å². The van der Waals surface area contributed by atoms with E-state index in [0.29, 0.717) is 10.6 Å². The van der Waals surface area contributed by atoms with Crippen molar-refractivity contribution in [2.24, 2.45) is 0 Å². The number of hydrogen-bond acceptors (Lipinski definition) is 5. The quantitative estimate of drug-likeness (QED) is 0.480. The molecule has 0 fully saturated rings. The number of ether oxygens (including phenoxy) is 2. The molecule has 0 bridgehead atoms. The Morgan fingerprint density at radius 3 is 2.17 bits per heavy atom. The Morgan fingerprint density at radius 1 is 1.28 bits per heavy atom. The van der Waals surface area contributed by atoms with Crippen LogP contribution in [0.3, 0.4) is 0 Å². The number of hydroxylamine groups is 2. The first-order valence-corrected chi connectivity index (χ1v) is 5.09. The Kier molecular flexibility index (Phi) is 4.56. The van der Waals surface area contributed by atoms with Gasteiger partial charge in [0.05, 0.1) is 14.2 Å². The monoisotopic (exact) mass is 253 g/mol. The van der Waals surface area contributed by atoms with Crippen molar-refractivity contribution < 1.29 is 24.6 Å². The largest absolute Gasteiger partial charge is 0.502 e. The fourth-order valence-electron chi connectivity index (χ4n) is 1.29. The number of carbonyl (C=O) groups is 1. The minimum Gasteiger partial charge on any atom is -0.502 e. The van der Waals surface area contributed by atoms with E-state index in [1.165, 1.54) is 33.4 Å². The van der Waals surface area contributed by atoms with Crippen molar-refractivity contribution in [3.8, 4) is 17.2 Å². The van der Waals surface area contributed by atoms with Crippen molar-refractivity contribution in [1.29, 1.82) is 0 Å². The van der Waals surface area contributed by atoms with Crippen LogP contribution >= 0.6 is 0 Å². The molecule has 0 radical (unpaired) electrons. The van der Waals surface area contributed by atoms with Crippen molar-refractivity contribution in [2.45, 2.75) is 0 Å². The summed E-state index contributed by atoms with van der Waals surface area (Å²) in [5, 5.41) is 19.0. The van der Waals surface area contributed by atoms with Crippen LogP contribution < -0.4 is 9.47 Å². The predicted octanol–water partition coefficient (Wildman–Crippen LogP) is 1.27. The van der Waals surface area contributed by atoms with E-state index in [1.54, 1.807) is 12.1 Å². The van der Waals surface area contributed by atoms with Crippen molar-refractivity contribution in [3.63, 3.8) is 0 Å². The van der Waals surface area contributed by atoms with Gasteiger partial charge in [-0.1, -0.05) is 0 Å². The minimum atomic E-state index is -0.569. The van der Waals surface area contributed by atoms with Gasteiger partial charge in [-0.15, -0.1) is 0 Å². The summed E-state index contributed by atoms with van der Waals surface area (Å²) in [6, 6.07) is 3.08. The van der Waals surface area contributed by atoms with Gasteiger partial charge >= 0.3 is 0 Å². The van der Waals surface area contributed by atoms with E-state index in [2.05, 4.69) is 0 Å². The zero-order valence-electron chi connectivity index (χ0n) is 10.4. The lowest BCUT2D eigenvalue weighted by molar-refractivity contribution is -0.153. The molecular weight excluding hydrogens is 238 g/mol. The van der Waals surface area contributed by atoms with Crippen LogP contribution in [0.15, 0.2) is 18.2 Å². The van der Waals surface area contributed by atoms with Gasteiger partial charge in [0.25, 0.3) is 5.91 Å². The zero-order chi connectivity index (χ0) is 13.7. The summed E-state index contributed by atoms with van der Waals surface area (Å²) < 4.78 is 9.95. The van der Waals surface area contributed by atoms with Gasteiger partial charge in [-0.25, -0.2) is 5.06 Å². The van der Waals surface area contributed by atoms with Crippen LogP contribution in [0.2, 0.25) is 0 Å². The van der Waals surface area contributed by atoms with Crippen LogP contribution in [0, 0.1) is 0 Å². The normalized spacial score (nSPS) is 10.4. The van der Waals surface area contributed by atoms with E-state index in [1.807, 2.05) is 0 Å². The summed E-state index contributed by atoms with van der Waals surface area (Å²) in [6.07, 6.45) is 2.66. The Hall–Kier alpha value is -2.21. The van der Waals surface area contributed by atoms with Crippen molar-refractivity contribution in [2.75, 3.05) is 21.3 Å². The first-order chi connectivity index (χ1) is 8.49. The summed E-state index contributed by atoms with van der Waals surface area (Å²) in [5.74, 6) is -0.207. The lowest BCUT2D eigenvalue weighted by Gasteiger charge is -2.09. The van der Waals surface area contributed by atoms with Crippen LogP contribution in [0.1, 0.15) is 5.56 Å². The van der Waals surface area contributed by atoms with Gasteiger partial charge in [-0.3, -0.25) is 10.0 Å². The van der Waals surface area contributed by atoms with Gasteiger partial charge in [0, 0.05) is 13.1 Å². The Labute approximate surface area is 105 Å². The molecule has 6 nitrogen and oxygen atoms in total. The van der Waals surface area contributed by atoms with E-state index >= 15 is 0 Å². The van der Waals surface area contributed by atoms with Crippen LogP contribution in [-0.4, -0.2) is 42.6 Å². The van der Waals surface area contributed by atoms with Crippen LogP contribution in [0.5, 0.6) is 17.2 Å². The highest BCUT2D eigenvalue weighted by molar-refractivity contribution is 5.90. The molecule has 98 valence electrons. The van der Waals surface area contributed by atoms with Gasteiger partial charge in [0.2, 0.25) is 5.75 Å². The molecular formula is C12H15NO5. The molecule has 1 amide bonds. The number of nitrogens with zero attached hydrogens (tertiary/aromatic N) is 1. The third kappa shape index (κ3) is 3.14. The number of carbonyl (C=O) groups excluding carboxylic acids is 1. The fourth-order valence-corrected chi connectivity index (χ4v) is 1.29. The van der Waals surface area contributed by atoms with E-state index in [-0.39, 0.29) is 17.2 Å². The molecule has 0 aliphatic heterocycles.